The van der Waals surface area contributed by atoms with Crippen molar-refractivity contribution >= 4 is 29.1 Å². The SMILES string of the molecule is COCCNCC(=O)NCc1ccccc1-c1ccc(Cl)cc1Cl. The summed E-state index contributed by atoms with van der Waals surface area (Å²) in [6.07, 6.45) is 0. The van der Waals surface area contributed by atoms with E-state index in [1.807, 2.05) is 30.3 Å². The zero-order valence-corrected chi connectivity index (χ0v) is 15.0. The van der Waals surface area contributed by atoms with E-state index in [9.17, 15) is 4.79 Å². The number of amides is 1. The van der Waals surface area contributed by atoms with Crippen molar-refractivity contribution in [3.05, 3.63) is 58.1 Å². The standard InChI is InChI=1S/C18H20Cl2N2O2/c1-24-9-8-21-12-18(23)22-11-13-4-2-3-5-15(13)16-7-6-14(19)10-17(16)20/h2-7,10,21H,8-9,11-12H2,1H3,(H,22,23). The Morgan fingerprint density at radius 3 is 2.67 bits per heavy atom. The van der Waals surface area contributed by atoms with Gasteiger partial charge in [0, 0.05) is 35.8 Å². The molecule has 4 nitrogen and oxygen atoms in total. The quantitative estimate of drug-likeness (QED) is 0.702. The first-order valence-electron chi connectivity index (χ1n) is 7.61. The summed E-state index contributed by atoms with van der Waals surface area (Å²) >= 11 is 12.3. The van der Waals surface area contributed by atoms with Crippen LogP contribution in [0, 0.1) is 0 Å². The van der Waals surface area contributed by atoms with Crippen LogP contribution in [0.4, 0.5) is 0 Å². The second-order valence-electron chi connectivity index (χ2n) is 5.23. The van der Waals surface area contributed by atoms with Gasteiger partial charge in [-0.25, -0.2) is 0 Å². The number of benzene rings is 2. The molecular formula is C18H20Cl2N2O2. The molecule has 0 aliphatic carbocycles. The molecule has 0 radical (unpaired) electrons. The third-order valence-electron chi connectivity index (χ3n) is 3.48. The van der Waals surface area contributed by atoms with Gasteiger partial charge < -0.3 is 15.4 Å². The number of halogens is 2. The number of methoxy groups -OCH3 is 1. The summed E-state index contributed by atoms with van der Waals surface area (Å²) in [7, 11) is 1.63. The minimum absolute atomic E-state index is 0.0666. The van der Waals surface area contributed by atoms with Crippen LogP contribution in [0.2, 0.25) is 10.0 Å². The summed E-state index contributed by atoms with van der Waals surface area (Å²) in [5, 5.41) is 7.10. The molecule has 24 heavy (non-hydrogen) atoms. The number of carbonyl (C=O) groups excluding carboxylic acids is 1. The molecule has 0 saturated heterocycles. The van der Waals surface area contributed by atoms with Crippen molar-refractivity contribution in [1.82, 2.24) is 10.6 Å². The lowest BCUT2D eigenvalue weighted by Gasteiger charge is -2.13. The van der Waals surface area contributed by atoms with Crippen molar-refractivity contribution < 1.29 is 9.53 Å². The Kier molecular flexibility index (Phi) is 7.53. The van der Waals surface area contributed by atoms with Gasteiger partial charge >= 0.3 is 0 Å². The Bertz CT molecular complexity index is 692. The molecule has 0 aromatic heterocycles. The van der Waals surface area contributed by atoms with E-state index in [1.165, 1.54) is 0 Å². The molecule has 2 aromatic rings. The van der Waals surface area contributed by atoms with E-state index < -0.39 is 0 Å². The first-order valence-corrected chi connectivity index (χ1v) is 8.37. The predicted octanol–water partition coefficient (Wildman–Crippen LogP) is 3.51. The van der Waals surface area contributed by atoms with Gasteiger partial charge in [-0.2, -0.15) is 0 Å². The maximum Gasteiger partial charge on any atom is 0.234 e. The molecular weight excluding hydrogens is 347 g/mol. The maximum absolute atomic E-state index is 11.9. The molecule has 128 valence electrons. The van der Waals surface area contributed by atoms with Crippen LogP contribution in [0.25, 0.3) is 11.1 Å². The van der Waals surface area contributed by atoms with Crippen LogP contribution in [0.3, 0.4) is 0 Å². The van der Waals surface area contributed by atoms with Crippen molar-refractivity contribution in [2.45, 2.75) is 6.54 Å². The third-order valence-corrected chi connectivity index (χ3v) is 4.03. The topological polar surface area (TPSA) is 50.4 Å². The number of hydrogen-bond donors (Lipinski definition) is 2. The highest BCUT2D eigenvalue weighted by Gasteiger charge is 2.10. The third kappa shape index (κ3) is 5.49. The smallest absolute Gasteiger partial charge is 0.234 e. The van der Waals surface area contributed by atoms with Crippen molar-refractivity contribution in [1.29, 1.82) is 0 Å². The monoisotopic (exact) mass is 366 g/mol. The van der Waals surface area contributed by atoms with Crippen LogP contribution in [0.5, 0.6) is 0 Å². The lowest BCUT2D eigenvalue weighted by molar-refractivity contribution is -0.120. The molecule has 2 N–H and O–H groups in total. The Morgan fingerprint density at radius 1 is 1.12 bits per heavy atom. The van der Waals surface area contributed by atoms with Crippen molar-refractivity contribution in [3.8, 4) is 11.1 Å². The molecule has 0 fully saturated rings. The molecule has 0 saturated carbocycles. The van der Waals surface area contributed by atoms with Crippen LogP contribution in [0.15, 0.2) is 42.5 Å². The van der Waals surface area contributed by atoms with Gasteiger partial charge in [-0.3, -0.25) is 4.79 Å². The Balaban J connectivity index is 2.03. The van der Waals surface area contributed by atoms with Gasteiger partial charge in [-0.1, -0.05) is 53.5 Å². The zero-order valence-electron chi connectivity index (χ0n) is 13.4. The molecule has 0 aliphatic rings. The molecule has 0 unspecified atom stereocenters. The Morgan fingerprint density at radius 2 is 1.92 bits per heavy atom. The normalized spacial score (nSPS) is 10.6. The summed E-state index contributed by atoms with van der Waals surface area (Å²) in [6, 6.07) is 13.2. The van der Waals surface area contributed by atoms with E-state index in [0.29, 0.717) is 29.7 Å². The molecule has 0 aliphatic heterocycles. The van der Waals surface area contributed by atoms with Crippen LogP contribution < -0.4 is 10.6 Å². The van der Waals surface area contributed by atoms with Crippen molar-refractivity contribution in [3.63, 3.8) is 0 Å². The van der Waals surface area contributed by atoms with Gasteiger partial charge in [0.1, 0.15) is 0 Å². The average molecular weight is 367 g/mol. The fraction of sp³-hybridized carbons (Fsp3) is 0.278. The van der Waals surface area contributed by atoms with Crippen LogP contribution in [-0.4, -0.2) is 32.7 Å². The summed E-state index contributed by atoms with van der Waals surface area (Å²) in [6.45, 7) is 1.90. The lowest BCUT2D eigenvalue weighted by Crippen LogP contribution is -2.34. The number of ether oxygens (including phenoxy) is 1. The molecule has 2 aromatic carbocycles. The fourth-order valence-corrected chi connectivity index (χ4v) is 2.79. The second kappa shape index (κ2) is 9.64. The molecule has 0 bridgehead atoms. The molecule has 0 heterocycles. The van der Waals surface area contributed by atoms with E-state index in [0.717, 1.165) is 16.7 Å². The van der Waals surface area contributed by atoms with Gasteiger partial charge in [-0.15, -0.1) is 0 Å². The predicted molar refractivity (Wildman–Crippen MR) is 98.5 cm³/mol. The van der Waals surface area contributed by atoms with Crippen LogP contribution >= 0.6 is 23.2 Å². The molecule has 2 rings (SSSR count). The average Bonchev–Trinajstić information content (AvgIpc) is 2.57. The number of hydrogen-bond acceptors (Lipinski definition) is 3. The first kappa shape index (κ1) is 18.7. The lowest BCUT2D eigenvalue weighted by atomic mass is 9.99. The van der Waals surface area contributed by atoms with Gasteiger partial charge in [0.05, 0.1) is 13.2 Å². The van der Waals surface area contributed by atoms with E-state index in [1.54, 1.807) is 19.2 Å². The highest BCUT2D eigenvalue weighted by Crippen LogP contribution is 2.32. The van der Waals surface area contributed by atoms with E-state index >= 15 is 0 Å². The van der Waals surface area contributed by atoms with Gasteiger partial charge in [0.15, 0.2) is 0 Å². The summed E-state index contributed by atoms with van der Waals surface area (Å²) in [5.74, 6) is -0.0666. The molecule has 6 heteroatoms. The van der Waals surface area contributed by atoms with E-state index in [-0.39, 0.29) is 12.5 Å². The summed E-state index contributed by atoms with van der Waals surface area (Å²) in [5.41, 5.74) is 2.86. The van der Waals surface area contributed by atoms with Crippen LogP contribution in [0.1, 0.15) is 5.56 Å². The highest BCUT2D eigenvalue weighted by molar-refractivity contribution is 6.36. The van der Waals surface area contributed by atoms with Crippen molar-refractivity contribution in [2.24, 2.45) is 0 Å². The molecule has 0 atom stereocenters. The largest absolute Gasteiger partial charge is 0.383 e. The minimum Gasteiger partial charge on any atom is -0.383 e. The fourth-order valence-electron chi connectivity index (χ4n) is 2.28. The molecule has 1 amide bonds. The number of rotatable bonds is 8. The van der Waals surface area contributed by atoms with E-state index in [4.69, 9.17) is 27.9 Å². The van der Waals surface area contributed by atoms with Gasteiger partial charge in [-0.05, 0) is 23.3 Å². The number of carbonyl (C=O) groups is 1. The summed E-state index contributed by atoms with van der Waals surface area (Å²) < 4.78 is 4.92. The molecule has 0 spiro atoms. The van der Waals surface area contributed by atoms with E-state index in [2.05, 4.69) is 10.6 Å². The van der Waals surface area contributed by atoms with Gasteiger partial charge in [0.2, 0.25) is 5.91 Å². The second-order valence-corrected chi connectivity index (χ2v) is 6.07. The number of nitrogens with one attached hydrogen (secondary N) is 2. The van der Waals surface area contributed by atoms with Crippen molar-refractivity contribution in [2.75, 3.05) is 26.8 Å². The first-order chi connectivity index (χ1) is 11.6. The summed E-state index contributed by atoms with van der Waals surface area (Å²) in [4.78, 5) is 11.9. The minimum atomic E-state index is -0.0666. The maximum atomic E-state index is 11.9. The Hall–Kier alpha value is -1.59. The Labute approximate surface area is 152 Å². The highest BCUT2D eigenvalue weighted by atomic mass is 35.5. The van der Waals surface area contributed by atoms with Gasteiger partial charge in [0.25, 0.3) is 0 Å². The van der Waals surface area contributed by atoms with Crippen LogP contribution in [-0.2, 0) is 16.1 Å². The zero-order chi connectivity index (χ0) is 17.4.